The van der Waals surface area contributed by atoms with Gasteiger partial charge in [-0.15, -0.1) is 0 Å². The zero-order chi connectivity index (χ0) is 29.9. The number of aryl methyl sites for hydroxylation is 1. The van der Waals surface area contributed by atoms with Gasteiger partial charge in [0.25, 0.3) is 0 Å². The first-order chi connectivity index (χ1) is 21.0. The van der Waals surface area contributed by atoms with Gasteiger partial charge in [-0.2, -0.15) is 15.0 Å². The van der Waals surface area contributed by atoms with Gasteiger partial charge in [0.05, 0.1) is 30.6 Å². The molecule has 2 aliphatic heterocycles. The minimum absolute atomic E-state index is 0.0487. The van der Waals surface area contributed by atoms with Crippen LogP contribution in [0.3, 0.4) is 0 Å². The highest BCUT2D eigenvalue weighted by atomic mass is 16.5. The van der Waals surface area contributed by atoms with Gasteiger partial charge in [0.15, 0.2) is 5.82 Å². The molecule has 10 heteroatoms. The zero-order valence-electron chi connectivity index (χ0n) is 24.2. The van der Waals surface area contributed by atoms with Crippen molar-refractivity contribution in [1.29, 1.82) is 5.26 Å². The summed E-state index contributed by atoms with van der Waals surface area (Å²) >= 11 is 0. The lowest BCUT2D eigenvalue weighted by Gasteiger charge is -2.38. The van der Waals surface area contributed by atoms with Gasteiger partial charge in [-0.05, 0) is 72.7 Å². The van der Waals surface area contributed by atoms with Crippen LogP contribution in [-0.4, -0.2) is 63.7 Å². The van der Waals surface area contributed by atoms with E-state index in [0.29, 0.717) is 35.5 Å². The van der Waals surface area contributed by atoms with Crippen molar-refractivity contribution >= 4 is 5.97 Å². The Hall–Kier alpha value is -4.72. The first-order valence-corrected chi connectivity index (χ1v) is 14.4. The standard InChI is InChI=1S/C33H33N5O5/c1-21-5-3-6-26(29-7-4-8-30(36-29)38-32(41-2)27(18-35-38)33(39)40)31(21)43-20-22-15-23-9-12-37(25-10-13-42-14-11-25)19-28(23)24(16-22)17-34/h3-8,15-16,18,25H,9-14,19-20H2,1-2H3,(H,39,40). The Kier molecular flexibility index (Phi) is 8.09. The van der Waals surface area contributed by atoms with Crippen molar-refractivity contribution in [2.45, 2.75) is 45.4 Å². The van der Waals surface area contributed by atoms with E-state index in [1.807, 2.05) is 43.3 Å². The molecule has 4 aromatic rings. The SMILES string of the molecule is COc1c(C(=O)O)cnn1-c1cccc(-c2cccc(C)c2OCc2cc(C#N)c3c(c2)CCN(C2CCOCC2)C3)n1. The number of ether oxygens (including phenoxy) is 3. The quantitative estimate of drug-likeness (QED) is 0.309. The largest absolute Gasteiger partial charge is 0.488 e. The van der Waals surface area contributed by atoms with Crippen LogP contribution in [0.2, 0.25) is 0 Å². The van der Waals surface area contributed by atoms with Crippen LogP contribution in [0.1, 0.15) is 51.0 Å². The number of rotatable bonds is 8. The molecule has 0 unspecified atom stereocenters. The van der Waals surface area contributed by atoms with Gasteiger partial charge in [0, 0.05) is 37.9 Å². The molecule has 0 atom stereocenters. The molecule has 0 radical (unpaired) electrons. The third-order valence-electron chi connectivity index (χ3n) is 8.23. The van der Waals surface area contributed by atoms with Crippen LogP contribution < -0.4 is 9.47 Å². The summed E-state index contributed by atoms with van der Waals surface area (Å²) in [5.74, 6) is 0.0617. The summed E-state index contributed by atoms with van der Waals surface area (Å²) in [4.78, 5) is 18.9. The predicted octanol–water partition coefficient (Wildman–Crippen LogP) is 4.94. The van der Waals surface area contributed by atoms with Crippen molar-refractivity contribution < 1.29 is 24.1 Å². The van der Waals surface area contributed by atoms with E-state index in [2.05, 4.69) is 22.1 Å². The number of carboxylic acid groups (broad SMARTS) is 1. The van der Waals surface area contributed by atoms with Crippen molar-refractivity contribution in [2.75, 3.05) is 26.9 Å². The van der Waals surface area contributed by atoms with Gasteiger partial charge >= 0.3 is 5.97 Å². The average molecular weight is 580 g/mol. The number of carbonyl (C=O) groups is 1. The summed E-state index contributed by atoms with van der Waals surface area (Å²) < 4.78 is 18.7. The minimum Gasteiger partial charge on any atom is -0.488 e. The molecule has 43 heavy (non-hydrogen) atoms. The van der Waals surface area contributed by atoms with Crippen molar-refractivity contribution in [1.82, 2.24) is 19.7 Å². The number of carboxylic acids is 1. The molecule has 1 fully saturated rings. The molecule has 2 aliphatic rings. The van der Waals surface area contributed by atoms with Crippen molar-refractivity contribution in [2.24, 2.45) is 0 Å². The normalized spacial score (nSPS) is 15.5. The molecule has 0 aliphatic carbocycles. The fourth-order valence-electron chi connectivity index (χ4n) is 6.04. The van der Waals surface area contributed by atoms with E-state index in [-0.39, 0.29) is 11.4 Å². The molecule has 0 bridgehead atoms. The Morgan fingerprint density at radius 3 is 2.77 bits per heavy atom. The van der Waals surface area contributed by atoms with Crippen LogP contribution in [0.4, 0.5) is 0 Å². The van der Waals surface area contributed by atoms with E-state index in [1.165, 1.54) is 23.6 Å². The van der Waals surface area contributed by atoms with E-state index in [4.69, 9.17) is 19.2 Å². The predicted molar refractivity (Wildman–Crippen MR) is 158 cm³/mol. The van der Waals surface area contributed by atoms with Crippen LogP contribution >= 0.6 is 0 Å². The van der Waals surface area contributed by atoms with Crippen molar-refractivity contribution in [3.8, 4) is 34.8 Å². The Balaban J connectivity index is 1.26. The van der Waals surface area contributed by atoms with Crippen LogP contribution in [0, 0.1) is 18.3 Å². The Morgan fingerprint density at radius 2 is 2.00 bits per heavy atom. The number of benzene rings is 2. The fraction of sp³-hybridized carbons (Fsp3) is 0.333. The number of nitriles is 1. The molecule has 1 saturated heterocycles. The summed E-state index contributed by atoms with van der Waals surface area (Å²) in [5, 5.41) is 23.7. The molecule has 6 rings (SSSR count). The molecular weight excluding hydrogens is 546 g/mol. The second-order valence-electron chi connectivity index (χ2n) is 10.9. The highest BCUT2D eigenvalue weighted by molar-refractivity contribution is 5.90. The number of fused-ring (bicyclic) bond motifs is 1. The van der Waals surface area contributed by atoms with Gasteiger partial charge in [0.2, 0.25) is 5.88 Å². The topological polar surface area (TPSA) is 123 Å². The number of pyridine rings is 1. The molecule has 0 saturated carbocycles. The molecular formula is C33H33N5O5. The van der Waals surface area contributed by atoms with Gasteiger partial charge < -0.3 is 19.3 Å². The highest BCUT2D eigenvalue weighted by Gasteiger charge is 2.27. The summed E-state index contributed by atoms with van der Waals surface area (Å²) in [6.45, 7) is 5.67. The van der Waals surface area contributed by atoms with Crippen LogP contribution in [0.5, 0.6) is 11.6 Å². The van der Waals surface area contributed by atoms with E-state index >= 15 is 0 Å². The molecule has 10 nitrogen and oxygen atoms in total. The van der Waals surface area contributed by atoms with E-state index in [9.17, 15) is 15.2 Å². The first-order valence-electron chi connectivity index (χ1n) is 14.4. The first kappa shape index (κ1) is 28.4. The molecule has 1 N–H and O–H groups in total. The average Bonchev–Trinajstić information content (AvgIpc) is 3.49. The van der Waals surface area contributed by atoms with Gasteiger partial charge in [-0.25, -0.2) is 9.78 Å². The van der Waals surface area contributed by atoms with E-state index in [0.717, 1.165) is 67.8 Å². The van der Waals surface area contributed by atoms with Gasteiger partial charge in [-0.1, -0.05) is 24.3 Å². The lowest BCUT2D eigenvalue weighted by molar-refractivity contribution is 0.0290. The fourth-order valence-corrected chi connectivity index (χ4v) is 6.04. The van der Waals surface area contributed by atoms with E-state index in [1.54, 1.807) is 6.07 Å². The highest BCUT2D eigenvalue weighted by Crippen LogP contribution is 2.34. The number of aromatic carboxylic acids is 1. The maximum Gasteiger partial charge on any atom is 0.342 e. The van der Waals surface area contributed by atoms with Crippen molar-refractivity contribution in [3.05, 3.63) is 88.1 Å². The summed E-state index contributed by atoms with van der Waals surface area (Å²) in [7, 11) is 1.40. The third-order valence-corrected chi connectivity index (χ3v) is 8.23. The van der Waals surface area contributed by atoms with Crippen LogP contribution in [0.25, 0.3) is 17.1 Å². The molecule has 220 valence electrons. The molecule has 0 spiro atoms. The lowest BCUT2D eigenvalue weighted by Crippen LogP contribution is -2.42. The van der Waals surface area contributed by atoms with Gasteiger partial charge in [-0.3, -0.25) is 4.90 Å². The second-order valence-corrected chi connectivity index (χ2v) is 10.9. The number of aromatic nitrogens is 3. The lowest BCUT2D eigenvalue weighted by atomic mass is 9.91. The van der Waals surface area contributed by atoms with Crippen molar-refractivity contribution in [3.63, 3.8) is 0 Å². The Bertz CT molecular complexity index is 1700. The van der Waals surface area contributed by atoms with E-state index < -0.39 is 5.97 Å². The van der Waals surface area contributed by atoms with Crippen LogP contribution in [0.15, 0.2) is 54.7 Å². The zero-order valence-corrected chi connectivity index (χ0v) is 24.2. The maximum atomic E-state index is 11.6. The molecule has 2 aromatic heterocycles. The van der Waals surface area contributed by atoms with Gasteiger partial charge in [0.1, 0.15) is 17.9 Å². The Morgan fingerprint density at radius 1 is 1.19 bits per heavy atom. The number of methoxy groups -OCH3 is 1. The monoisotopic (exact) mass is 579 g/mol. The number of hydrogen-bond acceptors (Lipinski definition) is 8. The molecule has 2 aromatic carbocycles. The molecule has 0 amide bonds. The summed E-state index contributed by atoms with van der Waals surface area (Å²) in [6, 6.07) is 18.4. The second kappa shape index (κ2) is 12.3. The van der Waals surface area contributed by atoms with Crippen LogP contribution in [-0.2, 0) is 24.3 Å². The third kappa shape index (κ3) is 5.69. The number of hydrogen-bond donors (Lipinski definition) is 1. The summed E-state index contributed by atoms with van der Waals surface area (Å²) in [6.07, 6.45) is 4.23. The number of nitrogens with zero attached hydrogens (tertiary/aromatic N) is 5. The molecule has 4 heterocycles. The Labute approximate surface area is 250 Å². The smallest absolute Gasteiger partial charge is 0.342 e. The summed E-state index contributed by atoms with van der Waals surface area (Å²) in [5.41, 5.74) is 6.33. The maximum absolute atomic E-state index is 11.6. The minimum atomic E-state index is -1.13. The number of para-hydroxylation sites is 1.